The van der Waals surface area contributed by atoms with E-state index in [2.05, 4.69) is 27.4 Å². The number of aliphatic hydroxyl groups is 1. The summed E-state index contributed by atoms with van der Waals surface area (Å²) in [5, 5.41) is 11.4. The van der Waals surface area contributed by atoms with Crippen LogP contribution in [0, 0.1) is 52.3 Å². The van der Waals surface area contributed by atoms with Crippen molar-refractivity contribution < 1.29 is 5.11 Å². The van der Waals surface area contributed by atoms with Crippen LogP contribution in [0.5, 0.6) is 0 Å². The molecule has 0 heterocycles. The van der Waals surface area contributed by atoms with Gasteiger partial charge in [0, 0.05) is 0 Å². The van der Waals surface area contributed by atoms with Crippen LogP contribution in [0.15, 0.2) is 12.2 Å². The van der Waals surface area contributed by atoms with E-state index in [-0.39, 0.29) is 6.10 Å². The van der Waals surface area contributed by atoms with Crippen LogP contribution in [0.4, 0.5) is 0 Å². The van der Waals surface area contributed by atoms with Crippen LogP contribution in [0.3, 0.4) is 0 Å². The van der Waals surface area contributed by atoms with Gasteiger partial charge in [0.25, 0.3) is 0 Å². The highest BCUT2D eigenvalue weighted by Gasteiger charge is 2.62. The fraction of sp³-hybridized carbons (Fsp3) is 0.926. The molecule has 1 N–H and O–H groups in total. The molecule has 5 saturated carbocycles. The number of hydrogen-bond donors (Lipinski definition) is 1. The van der Waals surface area contributed by atoms with Gasteiger partial charge < -0.3 is 5.11 Å². The molecule has 0 bridgehead atoms. The van der Waals surface area contributed by atoms with Crippen molar-refractivity contribution >= 4 is 0 Å². The van der Waals surface area contributed by atoms with Crippen LogP contribution in [0.25, 0.3) is 0 Å². The molecule has 158 valence electrons. The maximum atomic E-state index is 11.4. The molecule has 5 aliphatic carbocycles. The largest absolute Gasteiger partial charge is 0.393 e. The minimum Gasteiger partial charge on any atom is -0.393 e. The minimum absolute atomic E-state index is 0.0529. The predicted molar refractivity (Wildman–Crippen MR) is 117 cm³/mol. The minimum atomic E-state index is -0.0529. The van der Waals surface area contributed by atoms with E-state index in [0.29, 0.717) is 22.7 Å². The summed E-state index contributed by atoms with van der Waals surface area (Å²) in [6.45, 7) is 12.0. The van der Waals surface area contributed by atoms with Gasteiger partial charge in [-0.05, 0) is 110 Å². The maximum Gasteiger partial charge on any atom is 0.0577 e. The van der Waals surface area contributed by atoms with Crippen molar-refractivity contribution in [2.24, 2.45) is 52.3 Å². The average Bonchev–Trinajstić information content (AvgIpc) is 3.46. The highest BCUT2D eigenvalue weighted by Crippen LogP contribution is 2.69. The lowest BCUT2D eigenvalue weighted by Gasteiger charge is -2.63. The molecule has 0 spiro atoms. The van der Waals surface area contributed by atoms with Crippen molar-refractivity contribution in [1.29, 1.82) is 0 Å². The van der Waals surface area contributed by atoms with Crippen LogP contribution in [-0.4, -0.2) is 11.2 Å². The van der Waals surface area contributed by atoms with Gasteiger partial charge in [-0.25, -0.2) is 0 Å². The summed E-state index contributed by atoms with van der Waals surface area (Å²) in [6.07, 6.45) is 16.3. The molecular weight excluding hydrogens is 340 g/mol. The molecule has 1 nitrogen and oxygen atoms in total. The second-order valence-corrected chi connectivity index (χ2v) is 12.2. The summed E-state index contributed by atoms with van der Waals surface area (Å²) in [5.74, 6) is 5.78. The molecule has 0 amide bonds. The van der Waals surface area contributed by atoms with E-state index in [4.69, 9.17) is 0 Å². The molecule has 4 unspecified atom stereocenters. The van der Waals surface area contributed by atoms with Gasteiger partial charge in [-0.2, -0.15) is 0 Å². The number of unbranched alkanes of at least 4 members (excludes halogenated alkanes) is 1. The van der Waals surface area contributed by atoms with Gasteiger partial charge in [-0.3, -0.25) is 0 Å². The third-order valence-electron chi connectivity index (χ3n) is 11.1. The Bertz CT molecular complexity index is 620. The lowest BCUT2D eigenvalue weighted by atomic mass is 9.42. The zero-order chi connectivity index (χ0) is 19.7. The van der Waals surface area contributed by atoms with Gasteiger partial charge in [-0.15, -0.1) is 0 Å². The summed E-state index contributed by atoms with van der Waals surface area (Å²) in [4.78, 5) is 0. The van der Waals surface area contributed by atoms with Crippen LogP contribution in [-0.2, 0) is 0 Å². The lowest BCUT2D eigenvalue weighted by molar-refractivity contribution is -0.170. The normalized spacial score (nSPS) is 53.4. The predicted octanol–water partition coefficient (Wildman–Crippen LogP) is 7.00. The molecule has 0 aliphatic heterocycles. The van der Waals surface area contributed by atoms with Crippen LogP contribution in [0.1, 0.15) is 97.8 Å². The smallest absolute Gasteiger partial charge is 0.0577 e. The second-order valence-electron chi connectivity index (χ2n) is 12.2. The molecule has 5 rings (SSSR count). The summed E-state index contributed by atoms with van der Waals surface area (Å²) >= 11 is 0. The number of rotatable bonds is 4. The zero-order valence-electron chi connectivity index (χ0n) is 18.8. The number of hydrogen-bond acceptors (Lipinski definition) is 1. The van der Waals surface area contributed by atoms with Crippen molar-refractivity contribution in [2.75, 3.05) is 0 Å². The third-order valence-corrected chi connectivity index (χ3v) is 11.1. The van der Waals surface area contributed by atoms with Crippen LogP contribution >= 0.6 is 0 Å². The van der Waals surface area contributed by atoms with E-state index in [1.54, 1.807) is 0 Å². The quantitative estimate of drug-likeness (QED) is 0.517. The molecule has 5 aliphatic rings. The Morgan fingerprint density at radius 3 is 2.57 bits per heavy atom. The Morgan fingerprint density at radius 1 is 1.07 bits per heavy atom. The van der Waals surface area contributed by atoms with Crippen molar-refractivity contribution in [3.8, 4) is 0 Å². The molecule has 5 fully saturated rings. The summed E-state index contributed by atoms with van der Waals surface area (Å²) < 4.78 is 0. The van der Waals surface area contributed by atoms with Gasteiger partial charge in [-0.1, -0.05) is 52.2 Å². The first-order chi connectivity index (χ1) is 13.4. The Balaban J connectivity index is 1.43. The Morgan fingerprint density at radius 2 is 1.86 bits per heavy atom. The van der Waals surface area contributed by atoms with Crippen molar-refractivity contribution in [1.82, 2.24) is 0 Å². The molecule has 1 heteroatoms. The first-order valence-electron chi connectivity index (χ1n) is 12.7. The molecule has 0 aromatic heterocycles. The van der Waals surface area contributed by atoms with Crippen molar-refractivity contribution in [2.45, 2.75) is 104 Å². The third kappa shape index (κ3) is 2.81. The molecule has 0 radical (unpaired) electrons. The van der Waals surface area contributed by atoms with Gasteiger partial charge in [0.15, 0.2) is 0 Å². The fourth-order valence-corrected chi connectivity index (χ4v) is 9.20. The summed E-state index contributed by atoms with van der Waals surface area (Å²) in [6, 6.07) is 0. The number of allylic oxidation sites excluding steroid dienone is 1. The van der Waals surface area contributed by atoms with Crippen LogP contribution < -0.4 is 0 Å². The molecule has 9 atom stereocenters. The standard InChI is InChI=1S/C27H44O/c1-5-6-7-19-14-20-15-24(28)25-22-11-8-17(2)26(22,3)13-12-23(25)27(20,4)16-21(19)18-9-10-18/h18-25,28H,2,5-16H2,1,3-4H3/t19-,20?,21-,22?,23?,24+,25?,26-,27+/m1/s1. The fourth-order valence-electron chi connectivity index (χ4n) is 9.20. The van der Waals surface area contributed by atoms with E-state index < -0.39 is 0 Å². The highest BCUT2D eigenvalue weighted by atomic mass is 16.3. The summed E-state index contributed by atoms with van der Waals surface area (Å²) in [7, 11) is 0. The Hall–Kier alpha value is -0.300. The highest BCUT2D eigenvalue weighted by molar-refractivity contribution is 5.22. The molecular formula is C27H44O. The van der Waals surface area contributed by atoms with E-state index in [1.165, 1.54) is 76.2 Å². The monoisotopic (exact) mass is 384 g/mol. The van der Waals surface area contributed by atoms with E-state index in [1.807, 2.05) is 0 Å². The maximum absolute atomic E-state index is 11.4. The van der Waals surface area contributed by atoms with E-state index in [0.717, 1.165) is 36.0 Å². The van der Waals surface area contributed by atoms with Gasteiger partial charge in [0.1, 0.15) is 0 Å². The Kier molecular flexibility index (Phi) is 4.81. The molecule has 0 aromatic rings. The topological polar surface area (TPSA) is 20.2 Å². The van der Waals surface area contributed by atoms with E-state index in [9.17, 15) is 5.11 Å². The first kappa shape index (κ1) is 19.7. The van der Waals surface area contributed by atoms with Crippen molar-refractivity contribution in [3.63, 3.8) is 0 Å². The van der Waals surface area contributed by atoms with Gasteiger partial charge in [0.2, 0.25) is 0 Å². The second kappa shape index (κ2) is 6.86. The molecule has 0 aromatic carbocycles. The first-order valence-corrected chi connectivity index (χ1v) is 12.7. The SMILES string of the molecule is C=C1CCC2C3C(CC[C@]12C)[C@@]1(C)C[C@H](C2CC2)[C@H](CCCC)CC1C[C@@H]3O. The van der Waals surface area contributed by atoms with Gasteiger partial charge in [0.05, 0.1) is 6.10 Å². The van der Waals surface area contributed by atoms with E-state index >= 15 is 0 Å². The van der Waals surface area contributed by atoms with Crippen LogP contribution in [0.2, 0.25) is 0 Å². The van der Waals surface area contributed by atoms with Crippen molar-refractivity contribution in [3.05, 3.63) is 12.2 Å². The Labute approximate surface area is 173 Å². The average molecular weight is 385 g/mol. The van der Waals surface area contributed by atoms with Gasteiger partial charge >= 0.3 is 0 Å². The number of fused-ring (bicyclic) bond motifs is 5. The molecule has 0 saturated heterocycles. The molecule has 28 heavy (non-hydrogen) atoms. The zero-order valence-corrected chi connectivity index (χ0v) is 18.8. The lowest BCUT2D eigenvalue weighted by Crippen LogP contribution is -2.58. The summed E-state index contributed by atoms with van der Waals surface area (Å²) in [5.41, 5.74) is 2.31. The number of aliphatic hydroxyl groups excluding tert-OH is 1.